The maximum atomic E-state index is 6.11. The highest BCUT2D eigenvalue weighted by atomic mass is 15.1. The second kappa shape index (κ2) is 6.24. The van der Waals surface area contributed by atoms with Crippen molar-refractivity contribution in [3.8, 4) is 0 Å². The van der Waals surface area contributed by atoms with Crippen molar-refractivity contribution in [2.24, 2.45) is 11.7 Å². The number of hydrogen-bond donors (Lipinski definition) is 1. The molecule has 1 atom stereocenters. The third-order valence-corrected chi connectivity index (χ3v) is 4.12. The summed E-state index contributed by atoms with van der Waals surface area (Å²) in [6.45, 7) is 6.91. The second-order valence-electron chi connectivity index (χ2n) is 5.67. The van der Waals surface area contributed by atoms with Crippen molar-refractivity contribution >= 4 is 5.69 Å². The van der Waals surface area contributed by atoms with Gasteiger partial charge in [-0.25, -0.2) is 0 Å². The fourth-order valence-corrected chi connectivity index (χ4v) is 2.67. The molecule has 2 nitrogen and oxygen atoms in total. The summed E-state index contributed by atoms with van der Waals surface area (Å²) in [6.07, 6.45) is 4.67. The Kier molecular flexibility index (Phi) is 4.65. The van der Waals surface area contributed by atoms with Crippen LogP contribution in [0.2, 0.25) is 0 Å². The molecule has 1 aromatic rings. The van der Waals surface area contributed by atoms with E-state index in [1.54, 1.807) is 0 Å². The summed E-state index contributed by atoms with van der Waals surface area (Å²) in [4.78, 5) is 2.54. The van der Waals surface area contributed by atoms with Gasteiger partial charge in [-0.3, -0.25) is 0 Å². The highest BCUT2D eigenvalue weighted by Gasteiger charge is 2.18. The van der Waals surface area contributed by atoms with Crippen LogP contribution in [0.15, 0.2) is 24.3 Å². The summed E-state index contributed by atoms with van der Waals surface area (Å²) in [5.41, 5.74) is 8.94. The molecule has 2 N–H and O–H groups in total. The van der Waals surface area contributed by atoms with Gasteiger partial charge in [0.2, 0.25) is 0 Å². The van der Waals surface area contributed by atoms with Crippen molar-refractivity contribution in [3.63, 3.8) is 0 Å². The average Bonchev–Trinajstić information content (AvgIpc) is 2.40. The Hall–Kier alpha value is -1.02. The van der Waals surface area contributed by atoms with Crippen LogP contribution in [0.5, 0.6) is 0 Å². The molecule has 2 rings (SSSR count). The first-order valence-electron chi connectivity index (χ1n) is 7.29. The number of para-hydroxylation sites is 1. The number of rotatable bonds is 4. The highest BCUT2D eigenvalue weighted by Crippen LogP contribution is 2.27. The molecule has 0 bridgehead atoms. The van der Waals surface area contributed by atoms with Gasteiger partial charge in [-0.1, -0.05) is 32.0 Å². The first-order valence-corrected chi connectivity index (χ1v) is 7.29. The molecule has 1 heterocycles. The second-order valence-corrected chi connectivity index (χ2v) is 5.67. The van der Waals surface area contributed by atoms with Crippen LogP contribution in [0.3, 0.4) is 0 Å². The third kappa shape index (κ3) is 3.26. The van der Waals surface area contributed by atoms with Crippen molar-refractivity contribution in [1.82, 2.24) is 0 Å². The molecule has 0 spiro atoms. The summed E-state index contributed by atoms with van der Waals surface area (Å²) in [5.74, 6) is 0.881. The Morgan fingerprint density at radius 3 is 2.61 bits per heavy atom. The van der Waals surface area contributed by atoms with Gasteiger partial charge in [0.1, 0.15) is 0 Å². The van der Waals surface area contributed by atoms with E-state index >= 15 is 0 Å². The number of anilines is 1. The van der Waals surface area contributed by atoms with Gasteiger partial charge in [-0.15, -0.1) is 0 Å². The van der Waals surface area contributed by atoms with E-state index in [-0.39, 0.29) is 6.04 Å². The minimum Gasteiger partial charge on any atom is -0.371 e. The topological polar surface area (TPSA) is 29.3 Å². The number of piperidine rings is 1. The predicted molar refractivity (Wildman–Crippen MR) is 79.0 cm³/mol. The Morgan fingerprint density at radius 2 is 1.94 bits per heavy atom. The Morgan fingerprint density at radius 1 is 1.28 bits per heavy atom. The van der Waals surface area contributed by atoms with E-state index in [0.29, 0.717) is 0 Å². The number of hydrogen-bond acceptors (Lipinski definition) is 2. The number of nitrogens with two attached hydrogens (primary N) is 1. The molecular weight excluding hydrogens is 220 g/mol. The van der Waals surface area contributed by atoms with E-state index < -0.39 is 0 Å². The normalized spacial score (nSPS) is 18.9. The van der Waals surface area contributed by atoms with Gasteiger partial charge in [-0.05, 0) is 43.2 Å². The fourth-order valence-electron chi connectivity index (χ4n) is 2.67. The van der Waals surface area contributed by atoms with Gasteiger partial charge in [0.15, 0.2) is 0 Å². The van der Waals surface area contributed by atoms with Gasteiger partial charge in [0.05, 0.1) is 0 Å². The van der Waals surface area contributed by atoms with E-state index in [0.717, 1.165) is 18.8 Å². The van der Waals surface area contributed by atoms with Gasteiger partial charge in [-0.2, -0.15) is 0 Å². The molecule has 0 aromatic heterocycles. The molecule has 1 saturated heterocycles. The Bertz CT molecular complexity index is 367. The van der Waals surface area contributed by atoms with Crippen LogP contribution in [0.4, 0.5) is 5.69 Å². The van der Waals surface area contributed by atoms with Crippen LogP contribution >= 0.6 is 0 Å². The maximum absolute atomic E-state index is 6.11. The molecule has 18 heavy (non-hydrogen) atoms. The van der Waals surface area contributed by atoms with Crippen LogP contribution in [-0.4, -0.2) is 19.1 Å². The molecule has 1 aliphatic rings. The third-order valence-electron chi connectivity index (χ3n) is 4.12. The molecule has 100 valence electrons. The molecule has 1 fully saturated rings. The standard InChI is InChI=1S/C16H26N2/c1-3-15(17)12-14-6-4-5-7-16(14)18-10-8-13(2)9-11-18/h4-7,13,15H,3,8-12,17H2,1-2H3. The molecule has 0 aliphatic carbocycles. The van der Waals surface area contributed by atoms with Crippen molar-refractivity contribution < 1.29 is 0 Å². The first kappa shape index (κ1) is 13.4. The Labute approximate surface area is 111 Å². The van der Waals surface area contributed by atoms with Crippen LogP contribution in [0, 0.1) is 5.92 Å². The molecule has 1 unspecified atom stereocenters. The quantitative estimate of drug-likeness (QED) is 0.884. The zero-order valence-corrected chi connectivity index (χ0v) is 11.7. The number of nitrogens with zero attached hydrogens (tertiary/aromatic N) is 1. The van der Waals surface area contributed by atoms with Crippen molar-refractivity contribution in [1.29, 1.82) is 0 Å². The highest BCUT2D eigenvalue weighted by molar-refractivity contribution is 5.54. The zero-order chi connectivity index (χ0) is 13.0. The molecule has 0 amide bonds. The van der Waals surface area contributed by atoms with Crippen molar-refractivity contribution in [2.45, 2.75) is 45.6 Å². The van der Waals surface area contributed by atoms with Crippen LogP contribution < -0.4 is 10.6 Å². The summed E-state index contributed by atoms with van der Waals surface area (Å²) >= 11 is 0. The lowest BCUT2D eigenvalue weighted by Crippen LogP contribution is -2.34. The van der Waals surface area contributed by atoms with Gasteiger partial charge < -0.3 is 10.6 Å². The van der Waals surface area contributed by atoms with Gasteiger partial charge in [0.25, 0.3) is 0 Å². The lowest BCUT2D eigenvalue weighted by atomic mass is 9.96. The average molecular weight is 246 g/mol. The summed E-state index contributed by atoms with van der Waals surface area (Å²) < 4.78 is 0. The largest absolute Gasteiger partial charge is 0.371 e. The molecule has 2 heteroatoms. The number of benzene rings is 1. The SMILES string of the molecule is CCC(N)Cc1ccccc1N1CCC(C)CC1. The zero-order valence-electron chi connectivity index (χ0n) is 11.7. The summed E-state index contributed by atoms with van der Waals surface area (Å²) in [5, 5.41) is 0. The van der Waals surface area contributed by atoms with Crippen LogP contribution in [0.1, 0.15) is 38.7 Å². The Balaban J connectivity index is 2.11. The lowest BCUT2D eigenvalue weighted by Gasteiger charge is -2.33. The van der Waals surface area contributed by atoms with Crippen LogP contribution in [0.25, 0.3) is 0 Å². The van der Waals surface area contributed by atoms with E-state index in [9.17, 15) is 0 Å². The van der Waals surface area contributed by atoms with Crippen LogP contribution in [-0.2, 0) is 6.42 Å². The van der Waals surface area contributed by atoms with E-state index in [2.05, 4.69) is 43.0 Å². The van der Waals surface area contributed by atoms with Gasteiger partial charge >= 0.3 is 0 Å². The minimum atomic E-state index is 0.287. The van der Waals surface area contributed by atoms with E-state index in [1.165, 1.54) is 37.2 Å². The van der Waals surface area contributed by atoms with Crippen molar-refractivity contribution in [2.75, 3.05) is 18.0 Å². The van der Waals surface area contributed by atoms with Gasteiger partial charge in [0, 0.05) is 24.8 Å². The lowest BCUT2D eigenvalue weighted by molar-refractivity contribution is 0.437. The van der Waals surface area contributed by atoms with E-state index in [1.807, 2.05) is 0 Å². The summed E-state index contributed by atoms with van der Waals surface area (Å²) in [6, 6.07) is 9.06. The molecule has 0 saturated carbocycles. The fraction of sp³-hybridized carbons (Fsp3) is 0.625. The molecule has 1 aromatic carbocycles. The maximum Gasteiger partial charge on any atom is 0.0399 e. The predicted octanol–water partition coefficient (Wildman–Crippen LogP) is 3.20. The smallest absolute Gasteiger partial charge is 0.0399 e. The van der Waals surface area contributed by atoms with Crippen molar-refractivity contribution in [3.05, 3.63) is 29.8 Å². The molecule has 0 radical (unpaired) electrons. The monoisotopic (exact) mass is 246 g/mol. The molecule has 1 aliphatic heterocycles. The molecular formula is C16H26N2. The first-order chi connectivity index (χ1) is 8.70. The van der Waals surface area contributed by atoms with E-state index in [4.69, 9.17) is 5.73 Å². The summed E-state index contributed by atoms with van der Waals surface area (Å²) in [7, 11) is 0. The minimum absolute atomic E-state index is 0.287.